The van der Waals surface area contributed by atoms with Gasteiger partial charge in [-0.25, -0.2) is 9.59 Å². The lowest BCUT2D eigenvalue weighted by atomic mass is 9.94. The Kier molecular flexibility index (Phi) is 9.34. The van der Waals surface area contributed by atoms with Crippen molar-refractivity contribution in [2.75, 3.05) is 7.11 Å². The predicted molar refractivity (Wildman–Crippen MR) is 137 cm³/mol. The van der Waals surface area contributed by atoms with Crippen molar-refractivity contribution in [1.82, 2.24) is 0 Å². The molecule has 0 radical (unpaired) electrons. The number of esters is 1. The highest BCUT2D eigenvalue weighted by molar-refractivity contribution is 8.00. The van der Waals surface area contributed by atoms with Crippen LogP contribution in [0.1, 0.15) is 40.0 Å². The van der Waals surface area contributed by atoms with E-state index in [1.54, 1.807) is 17.8 Å². The van der Waals surface area contributed by atoms with Gasteiger partial charge in [0.15, 0.2) is 5.78 Å². The summed E-state index contributed by atoms with van der Waals surface area (Å²) in [5.41, 5.74) is 3.48. The van der Waals surface area contributed by atoms with Crippen LogP contribution in [-0.4, -0.2) is 40.5 Å². The van der Waals surface area contributed by atoms with Gasteiger partial charge in [0.05, 0.1) is 12.7 Å². The molecule has 3 aromatic rings. The van der Waals surface area contributed by atoms with Crippen LogP contribution in [0.3, 0.4) is 0 Å². The maximum atomic E-state index is 13.1. The highest BCUT2D eigenvalue weighted by Crippen LogP contribution is 2.40. The van der Waals surface area contributed by atoms with E-state index in [0.29, 0.717) is 15.8 Å². The Morgan fingerprint density at radius 1 is 0.886 bits per heavy atom. The molecule has 0 spiro atoms. The number of ketones is 1. The molecule has 182 valence electrons. The molecule has 2 N–H and O–H groups in total. The number of carbonyl (C=O) groups excluding carboxylic acids is 2. The Bertz CT molecular complexity index is 1170. The van der Waals surface area contributed by atoms with E-state index < -0.39 is 6.16 Å². The van der Waals surface area contributed by atoms with Crippen molar-refractivity contribution in [2.24, 2.45) is 5.92 Å². The molecule has 0 bridgehead atoms. The smallest absolute Gasteiger partial charge is 0.465 e. The number of thioether (sulfide) groups is 1. The quantitative estimate of drug-likeness (QED) is 0.267. The second kappa shape index (κ2) is 12.4. The number of methoxy groups -OCH3 is 1. The Labute approximate surface area is 212 Å². The molecule has 0 saturated heterocycles. The minimum Gasteiger partial charge on any atom is -0.465 e. The van der Waals surface area contributed by atoms with Gasteiger partial charge in [0.1, 0.15) is 0 Å². The molecule has 0 amide bonds. The number of hydrogen-bond donors (Lipinski definition) is 2. The number of Topliss-reactive ketones (excluding diaryl/α,β-unsaturated/α-hetero) is 1. The molecule has 0 aliphatic heterocycles. The average molecular weight is 513 g/mol. The van der Waals surface area contributed by atoms with Crippen molar-refractivity contribution in [3.63, 3.8) is 0 Å². The molecule has 8 heteroatoms. The standard InChI is InChI=1S/C26H23ClO3S.CH2O3/c1-30-26(29)23-4-2-3-5-24(23)31-22-15-12-20(16-22)25(28)19-8-6-17(7-9-19)18-10-13-21(27)14-11-18;2-1(3)4/h2-11,13-14,20,22H,12,15-16H2,1H3;(H2,2,3,4)/t20-,22-;/m0./s1. The van der Waals surface area contributed by atoms with Crippen LogP contribution >= 0.6 is 23.4 Å². The van der Waals surface area contributed by atoms with Crippen LogP contribution in [0.2, 0.25) is 5.02 Å². The van der Waals surface area contributed by atoms with Crippen molar-refractivity contribution in [3.05, 3.63) is 88.9 Å². The van der Waals surface area contributed by atoms with Crippen LogP contribution in [-0.2, 0) is 4.74 Å². The normalized spacial score (nSPS) is 16.6. The summed E-state index contributed by atoms with van der Waals surface area (Å²) in [4.78, 5) is 34.5. The van der Waals surface area contributed by atoms with Crippen LogP contribution < -0.4 is 0 Å². The first-order valence-corrected chi connectivity index (χ1v) is 12.2. The number of halogens is 1. The average Bonchev–Trinajstić information content (AvgIpc) is 3.32. The molecular formula is C27H25ClO6S. The lowest BCUT2D eigenvalue weighted by Crippen LogP contribution is -2.12. The van der Waals surface area contributed by atoms with Gasteiger partial charge in [0.25, 0.3) is 0 Å². The zero-order chi connectivity index (χ0) is 25.4. The third-order valence-electron chi connectivity index (χ3n) is 5.69. The summed E-state index contributed by atoms with van der Waals surface area (Å²) in [5, 5.41) is 15.0. The molecule has 0 heterocycles. The zero-order valence-corrected chi connectivity index (χ0v) is 20.6. The lowest BCUT2D eigenvalue weighted by Gasteiger charge is -2.13. The summed E-state index contributed by atoms with van der Waals surface area (Å²) in [6.07, 6.45) is 0.813. The van der Waals surface area contributed by atoms with E-state index in [9.17, 15) is 9.59 Å². The minimum absolute atomic E-state index is 0.0178. The van der Waals surface area contributed by atoms with E-state index in [1.165, 1.54) is 7.11 Å². The van der Waals surface area contributed by atoms with Crippen molar-refractivity contribution >= 4 is 41.3 Å². The number of carbonyl (C=O) groups is 3. The summed E-state index contributed by atoms with van der Waals surface area (Å²) in [7, 11) is 1.40. The molecule has 1 saturated carbocycles. The molecule has 35 heavy (non-hydrogen) atoms. The van der Waals surface area contributed by atoms with Crippen molar-refractivity contribution in [3.8, 4) is 11.1 Å². The first-order chi connectivity index (χ1) is 16.8. The van der Waals surface area contributed by atoms with Crippen molar-refractivity contribution < 1.29 is 29.3 Å². The van der Waals surface area contributed by atoms with Gasteiger partial charge in [-0.1, -0.05) is 60.1 Å². The molecule has 3 aromatic carbocycles. The van der Waals surface area contributed by atoms with Gasteiger partial charge < -0.3 is 14.9 Å². The SMILES string of the molecule is COC(=O)c1ccccc1S[C@H]1CC[C@H](C(=O)c2ccc(-c3ccc(Cl)cc3)cc2)C1.O=C(O)O. The fourth-order valence-corrected chi connectivity index (χ4v) is 5.52. The van der Waals surface area contributed by atoms with Crippen LogP contribution in [0.25, 0.3) is 11.1 Å². The predicted octanol–water partition coefficient (Wildman–Crippen LogP) is 7.16. The molecule has 0 aromatic heterocycles. The Morgan fingerprint density at radius 2 is 1.46 bits per heavy atom. The number of ether oxygens (including phenoxy) is 1. The van der Waals surface area contributed by atoms with E-state index in [1.807, 2.05) is 66.7 Å². The molecule has 6 nitrogen and oxygen atoms in total. The second-order valence-corrected chi connectivity index (χ2v) is 9.75. The molecule has 1 fully saturated rings. The molecule has 4 rings (SSSR count). The van der Waals surface area contributed by atoms with E-state index in [-0.39, 0.29) is 17.7 Å². The van der Waals surface area contributed by atoms with E-state index >= 15 is 0 Å². The second-order valence-electron chi connectivity index (χ2n) is 7.97. The summed E-state index contributed by atoms with van der Waals surface area (Å²) < 4.78 is 4.89. The summed E-state index contributed by atoms with van der Waals surface area (Å²) in [5.74, 6) is -0.106. The monoisotopic (exact) mass is 512 g/mol. The van der Waals surface area contributed by atoms with Gasteiger partial charge in [0.2, 0.25) is 0 Å². The number of hydrogen-bond acceptors (Lipinski definition) is 5. The maximum absolute atomic E-state index is 13.1. The number of benzene rings is 3. The van der Waals surface area contributed by atoms with Crippen LogP contribution in [0.4, 0.5) is 4.79 Å². The summed E-state index contributed by atoms with van der Waals surface area (Å²) in [6, 6.07) is 23.0. The molecule has 1 aliphatic rings. The summed E-state index contributed by atoms with van der Waals surface area (Å²) in [6.45, 7) is 0. The third kappa shape index (κ3) is 7.34. The van der Waals surface area contributed by atoms with Crippen LogP contribution in [0.15, 0.2) is 77.7 Å². The Balaban J connectivity index is 0.000000795. The Morgan fingerprint density at radius 3 is 2.06 bits per heavy atom. The van der Waals surface area contributed by atoms with Gasteiger partial charge in [0, 0.05) is 26.6 Å². The highest BCUT2D eigenvalue weighted by Gasteiger charge is 2.31. The van der Waals surface area contributed by atoms with Gasteiger partial charge in [-0.05, 0) is 54.7 Å². The fourth-order valence-electron chi connectivity index (χ4n) is 4.02. The first-order valence-electron chi connectivity index (χ1n) is 10.9. The van der Waals surface area contributed by atoms with Crippen LogP contribution in [0.5, 0.6) is 0 Å². The Hall–Kier alpha value is -3.29. The number of carboxylic acid groups (broad SMARTS) is 2. The topological polar surface area (TPSA) is 101 Å². The van der Waals surface area contributed by atoms with E-state index in [0.717, 1.165) is 40.8 Å². The first kappa shape index (κ1) is 26.3. The minimum atomic E-state index is -1.83. The fraction of sp³-hybridized carbons (Fsp3) is 0.222. The van der Waals surface area contributed by atoms with Crippen molar-refractivity contribution in [1.29, 1.82) is 0 Å². The lowest BCUT2D eigenvalue weighted by molar-refractivity contribution is 0.0596. The van der Waals surface area contributed by atoms with Gasteiger partial charge >= 0.3 is 12.1 Å². The molecule has 0 unspecified atom stereocenters. The van der Waals surface area contributed by atoms with E-state index in [4.69, 9.17) is 31.3 Å². The van der Waals surface area contributed by atoms with Crippen molar-refractivity contribution in [2.45, 2.75) is 29.4 Å². The largest absolute Gasteiger partial charge is 0.503 e. The molecule has 2 atom stereocenters. The van der Waals surface area contributed by atoms with Gasteiger partial charge in [-0.3, -0.25) is 4.79 Å². The van der Waals surface area contributed by atoms with E-state index in [2.05, 4.69) is 0 Å². The van der Waals surface area contributed by atoms with Crippen LogP contribution in [0, 0.1) is 5.92 Å². The highest BCUT2D eigenvalue weighted by atomic mass is 35.5. The summed E-state index contributed by atoms with van der Waals surface area (Å²) >= 11 is 7.64. The maximum Gasteiger partial charge on any atom is 0.503 e. The number of rotatable bonds is 6. The molecule has 1 aliphatic carbocycles. The van der Waals surface area contributed by atoms with Gasteiger partial charge in [-0.15, -0.1) is 11.8 Å². The van der Waals surface area contributed by atoms with Gasteiger partial charge in [-0.2, -0.15) is 0 Å². The third-order valence-corrected chi connectivity index (χ3v) is 7.31. The zero-order valence-electron chi connectivity index (χ0n) is 19.0. The molecular weight excluding hydrogens is 488 g/mol.